The highest BCUT2D eigenvalue weighted by molar-refractivity contribution is 6.06. The molecular weight excluding hydrogens is 274 g/mol. The third-order valence-electron chi connectivity index (χ3n) is 2.36. The molecule has 0 aliphatic rings. The predicted octanol–water partition coefficient (Wildman–Crippen LogP) is 2.35. The molecule has 1 atom stereocenters. The van der Waals surface area contributed by atoms with Gasteiger partial charge >= 0.3 is 5.97 Å². The average molecular weight is 288 g/mol. The van der Waals surface area contributed by atoms with Gasteiger partial charge in [-0.3, -0.25) is 4.79 Å². The second-order valence-corrected chi connectivity index (χ2v) is 3.92. The maximum absolute atomic E-state index is 11.6. The van der Waals surface area contributed by atoms with E-state index in [1.165, 1.54) is 0 Å². The van der Waals surface area contributed by atoms with Crippen LogP contribution in [0.4, 0.5) is 5.69 Å². The molecule has 0 radical (unpaired) electrons. The van der Waals surface area contributed by atoms with E-state index in [2.05, 4.69) is 14.6 Å². The first kappa shape index (κ1) is 15.4. The largest absolute Gasteiger partial charge is 0.479 e. The van der Waals surface area contributed by atoms with Gasteiger partial charge in [-0.05, 0) is 25.0 Å². The van der Waals surface area contributed by atoms with E-state index in [-0.39, 0.29) is 18.7 Å². The first-order valence-electron chi connectivity index (χ1n) is 5.65. The first-order valence-corrected chi connectivity index (χ1v) is 5.96. The van der Waals surface area contributed by atoms with Crippen LogP contribution < -0.4 is 5.32 Å². The van der Waals surface area contributed by atoms with Crippen LogP contribution in [0.5, 0.6) is 0 Å². The lowest BCUT2D eigenvalue weighted by Gasteiger charge is -2.09. The van der Waals surface area contributed by atoms with Crippen molar-refractivity contribution in [2.45, 2.75) is 25.4 Å². The van der Waals surface area contributed by atoms with E-state index in [0.29, 0.717) is 12.1 Å². The minimum Gasteiger partial charge on any atom is -0.479 e. The van der Waals surface area contributed by atoms with Crippen LogP contribution >= 0.6 is 11.9 Å². The lowest BCUT2D eigenvalue weighted by Crippen LogP contribution is -2.23. The lowest BCUT2D eigenvalue weighted by atomic mass is 10.1. The zero-order valence-electron chi connectivity index (χ0n) is 10.0. The molecule has 0 aliphatic heterocycles. The van der Waals surface area contributed by atoms with Gasteiger partial charge in [0.1, 0.15) is 0 Å². The summed E-state index contributed by atoms with van der Waals surface area (Å²) in [4.78, 5) is 26.6. The minimum atomic E-state index is -1.19. The molecule has 6 nitrogen and oxygen atoms in total. The maximum atomic E-state index is 11.6. The Hall–Kier alpha value is -1.63. The van der Waals surface area contributed by atoms with Crippen molar-refractivity contribution in [3.63, 3.8) is 0 Å². The van der Waals surface area contributed by atoms with E-state index >= 15 is 0 Å². The van der Waals surface area contributed by atoms with E-state index in [9.17, 15) is 9.59 Å². The highest BCUT2D eigenvalue weighted by Crippen LogP contribution is 2.10. The zero-order valence-corrected chi connectivity index (χ0v) is 10.8. The van der Waals surface area contributed by atoms with Crippen LogP contribution in [0.3, 0.4) is 0 Å². The number of carbonyl (C=O) groups is 2. The summed E-state index contributed by atoms with van der Waals surface area (Å²) in [5.74, 6) is -1.38. The van der Waals surface area contributed by atoms with Crippen LogP contribution in [0.25, 0.3) is 0 Å². The van der Waals surface area contributed by atoms with Gasteiger partial charge in [-0.2, -0.15) is 0 Å². The fraction of sp³-hybridized carbons (Fsp3) is 0.333. The second-order valence-electron chi connectivity index (χ2n) is 3.79. The molecule has 7 heteroatoms. The number of carboxylic acid groups (broad SMARTS) is 1. The second kappa shape index (κ2) is 8.47. The average Bonchev–Trinajstić information content (AvgIpc) is 2.38. The van der Waals surface area contributed by atoms with Crippen LogP contribution in [-0.2, 0) is 18.9 Å². The summed E-state index contributed by atoms with van der Waals surface area (Å²) in [6.45, 7) is 0. The number of nitrogens with one attached hydrogen (secondary N) is 1. The predicted molar refractivity (Wildman–Crippen MR) is 68.4 cm³/mol. The molecule has 0 fully saturated rings. The van der Waals surface area contributed by atoms with E-state index < -0.39 is 12.1 Å². The number of para-hydroxylation sites is 1. The number of halogens is 1. The number of anilines is 1. The van der Waals surface area contributed by atoms with Crippen LogP contribution in [-0.4, -0.2) is 23.1 Å². The fourth-order valence-electron chi connectivity index (χ4n) is 1.45. The van der Waals surface area contributed by atoms with Gasteiger partial charge in [0.2, 0.25) is 5.91 Å². The zero-order chi connectivity index (χ0) is 14.1. The van der Waals surface area contributed by atoms with E-state index in [1.807, 2.05) is 18.2 Å². The van der Waals surface area contributed by atoms with Crippen molar-refractivity contribution in [2.75, 3.05) is 5.32 Å². The Kier molecular flexibility index (Phi) is 6.88. The Balaban J connectivity index is 2.28. The Labute approximate surface area is 115 Å². The van der Waals surface area contributed by atoms with Crippen LogP contribution in [0.1, 0.15) is 19.3 Å². The number of benzene rings is 1. The molecule has 0 saturated heterocycles. The summed E-state index contributed by atoms with van der Waals surface area (Å²) < 4.78 is 3.81. The summed E-state index contributed by atoms with van der Waals surface area (Å²) in [7, 11) is 0. The Morgan fingerprint density at radius 3 is 2.58 bits per heavy atom. The van der Waals surface area contributed by atoms with Crippen molar-refractivity contribution in [2.24, 2.45) is 0 Å². The van der Waals surface area contributed by atoms with Gasteiger partial charge in [0.25, 0.3) is 0 Å². The topological polar surface area (TPSA) is 84.9 Å². The Bertz CT molecular complexity index is 412. The fourth-order valence-corrected chi connectivity index (χ4v) is 1.54. The van der Waals surface area contributed by atoms with Crippen molar-refractivity contribution in [1.29, 1.82) is 0 Å². The summed E-state index contributed by atoms with van der Waals surface area (Å²) in [5.41, 5.74) is 0.697. The van der Waals surface area contributed by atoms with Gasteiger partial charge in [0.15, 0.2) is 6.10 Å². The smallest absolute Gasteiger partial charge is 0.336 e. The van der Waals surface area contributed by atoms with Crippen molar-refractivity contribution >= 4 is 29.4 Å². The molecule has 0 bridgehead atoms. The number of carboxylic acids is 1. The summed E-state index contributed by atoms with van der Waals surface area (Å²) in [6, 6.07) is 8.99. The number of hydrogen-bond donors (Lipinski definition) is 2. The van der Waals surface area contributed by atoms with Gasteiger partial charge in [-0.15, -0.1) is 4.44 Å². The standard InChI is InChI=1S/C12H14ClNO5/c13-19-18-10(12(16)17)7-4-8-11(15)14-9-5-2-1-3-6-9/h1-3,5-6,10H,4,7-8H2,(H,14,15)(H,16,17). The van der Waals surface area contributed by atoms with Gasteiger partial charge in [-0.25, -0.2) is 9.68 Å². The van der Waals surface area contributed by atoms with Crippen molar-refractivity contribution in [3.8, 4) is 0 Å². The molecule has 0 spiro atoms. The molecular formula is C12H14ClNO5. The number of carbonyl (C=O) groups excluding carboxylic acids is 1. The molecule has 0 aliphatic carbocycles. The minimum absolute atomic E-state index is 0.129. The molecule has 0 saturated carbocycles. The highest BCUT2D eigenvalue weighted by Gasteiger charge is 2.19. The monoisotopic (exact) mass is 287 g/mol. The molecule has 0 heterocycles. The third-order valence-corrected chi connectivity index (χ3v) is 2.43. The van der Waals surface area contributed by atoms with Gasteiger partial charge in [-0.1, -0.05) is 18.2 Å². The molecule has 0 aromatic heterocycles. The summed E-state index contributed by atoms with van der Waals surface area (Å²) >= 11 is 4.82. The Morgan fingerprint density at radius 1 is 1.32 bits per heavy atom. The summed E-state index contributed by atoms with van der Waals surface area (Å²) in [5, 5.41) is 11.4. The molecule has 104 valence electrons. The van der Waals surface area contributed by atoms with Crippen LogP contribution in [0, 0.1) is 0 Å². The molecule has 1 aromatic rings. The number of rotatable bonds is 8. The van der Waals surface area contributed by atoms with E-state index in [0.717, 1.165) is 0 Å². The number of hydrogen-bond acceptors (Lipinski definition) is 4. The normalized spacial score (nSPS) is 11.8. The van der Waals surface area contributed by atoms with Gasteiger partial charge in [0.05, 0.1) is 11.9 Å². The van der Waals surface area contributed by atoms with Crippen LogP contribution in [0.15, 0.2) is 30.3 Å². The Morgan fingerprint density at radius 2 is 2.00 bits per heavy atom. The molecule has 1 amide bonds. The lowest BCUT2D eigenvalue weighted by molar-refractivity contribution is -0.245. The number of aliphatic carboxylic acids is 1. The van der Waals surface area contributed by atoms with E-state index in [1.54, 1.807) is 12.1 Å². The van der Waals surface area contributed by atoms with Crippen molar-refractivity contribution < 1.29 is 24.0 Å². The third kappa shape index (κ3) is 6.19. The van der Waals surface area contributed by atoms with Crippen LogP contribution in [0.2, 0.25) is 0 Å². The number of amides is 1. The van der Waals surface area contributed by atoms with Gasteiger partial charge < -0.3 is 10.4 Å². The van der Waals surface area contributed by atoms with E-state index in [4.69, 9.17) is 17.0 Å². The first-order chi connectivity index (χ1) is 9.13. The maximum Gasteiger partial charge on any atom is 0.336 e. The summed E-state index contributed by atoms with van der Waals surface area (Å²) in [6.07, 6.45) is -0.521. The molecule has 1 unspecified atom stereocenters. The quantitative estimate of drug-likeness (QED) is 0.566. The molecule has 1 rings (SSSR count). The molecule has 2 N–H and O–H groups in total. The molecule has 19 heavy (non-hydrogen) atoms. The SMILES string of the molecule is O=C(CCCC(OOCl)C(=O)O)Nc1ccccc1. The van der Waals surface area contributed by atoms with Gasteiger partial charge in [0, 0.05) is 12.1 Å². The highest BCUT2D eigenvalue weighted by atomic mass is 35.5. The van der Waals surface area contributed by atoms with Crippen molar-refractivity contribution in [3.05, 3.63) is 30.3 Å². The van der Waals surface area contributed by atoms with Crippen molar-refractivity contribution in [1.82, 2.24) is 0 Å². The molecule has 1 aromatic carbocycles.